The molecule has 25 heavy (non-hydrogen) atoms. The zero-order valence-electron chi connectivity index (χ0n) is 13.6. The van der Waals surface area contributed by atoms with Crippen molar-refractivity contribution in [1.82, 2.24) is 14.6 Å². The van der Waals surface area contributed by atoms with Gasteiger partial charge in [-0.3, -0.25) is 4.79 Å². The van der Waals surface area contributed by atoms with E-state index in [0.717, 1.165) is 5.56 Å². The maximum absolute atomic E-state index is 11.6. The molecule has 4 N–H and O–H groups in total. The molecule has 0 fully saturated rings. The molecule has 2 heterocycles. The molecule has 0 unspecified atom stereocenters. The Morgan fingerprint density at radius 3 is 2.88 bits per heavy atom. The minimum Gasteiger partial charge on any atom is -0.491 e. The molecule has 8 heteroatoms. The lowest BCUT2D eigenvalue weighted by Crippen LogP contribution is -2.21. The highest BCUT2D eigenvalue weighted by Crippen LogP contribution is 2.23. The number of hydrogen-bond acceptors (Lipinski definition) is 6. The summed E-state index contributed by atoms with van der Waals surface area (Å²) in [6.45, 7) is 1.32. The van der Waals surface area contributed by atoms with Crippen molar-refractivity contribution in [1.29, 1.82) is 0 Å². The highest BCUT2D eigenvalue weighted by atomic mass is 16.5. The number of carbonyl (C=O) groups excluding carboxylic acids is 1. The summed E-state index contributed by atoms with van der Waals surface area (Å²) < 4.78 is 6.87. The molecular weight excluding hydrogens is 324 g/mol. The Kier molecular flexibility index (Phi) is 4.64. The monoisotopic (exact) mass is 342 g/mol. The maximum atomic E-state index is 11.6. The van der Waals surface area contributed by atoms with E-state index in [1.807, 2.05) is 6.07 Å². The molecule has 1 atom stereocenters. The van der Waals surface area contributed by atoms with Crippen LogP contribution >= 0.6 is 0 Å². The molecule has 0 aliphatic rings. The number of nitrogens with two attached hydrogens (primary N) is 1. The Morgan fingerprint density at radius 1 is 1.36 bits per heavy atom. The lowest BCUT2D eigenvalue weighted by Gasteiger charge is -2.11. The molecule has 0 spiro atoms. The Hall–Kier alpha value is -2.97. The number of aliphatic hydroxyl groups is 2. The van der Waals surface area contributed by atoms with Crippen LogP contribution in [0, 0.1) is 6.92 Å². The van der Waals surface area contributed by atoms with E-state index >= 15 is 0 Å². The van der Waals surface area contributed by atoms with Crippen LogP contribution in [0.2, 0.25) is 0 Å². The number of aryl methyl sites for hydroxylation is 1. The molecule has 0 aliphatic heterocycles. The van der Waals surface area contributed by atoms with Crippen LogP contribution in [-0.4, -0.2) is 50.0 Å². The van der Waals surface area contributed by atoms with Gasteiger partial charge in [-0.15, -0.1) is 0 Å². The first-order valence-corrected chi connectivity index (χ1v) is 7.68. The number of aliphatic hydroxyl groups excluding tert-OH is 2. The van der Waals surface area contributed by atoms with Gasteiger partial charge in [-0.2, -0.15) is 5.10 Å². The molecule has 1 amide bonds. The molecule has 3 rings (SSSR count). The van der Waals surface area contributed by atoms with Crippen LogP contribution in [0.5, 0.6) is 5.75 Å². The van der Waals surface area contributed by atoms with E-state index < -0.39 is 12.0 Å². The molecule has 0 radical (unpaired) electrons. The van der Waals surface area contributed by atoms with E-state index in [4.69, 9.17) is 15.6 Å². The second kappa shape index (κ2) is 6.88. The summed E-state index contributed by atoms with van der Waals surface area (Å²) >= 11 is 0. The lowest BCUT2D eigenvalue weighted by atomic mass is 10.1. The predicted molar refractivity (Wildman–Crippen MR) is 90.3 cm³/mol. The number of primary amides is 1. The minimum absolute atomic E-state index is 0.0149. The van der Waals surface area contributed by atoms with Crippen LogP contribution in [0.15, 0.2) is 36.4 Å². The highest BCUT2D eigenvalue weighted by Gasteiger charge is 2.15. The number of aromatic nitrogens is 3. The second-order valence-corrected chi connectivity index (χ2v) is 5.57. The van der Waals surface area contributed by atoms with Crippen molar-refractivity contribution in [3.8, 4) is 17.0 Å². The minimum atomic E-state index is -0.940. The summed E-state index contributed by atoms with van der Waals surface area (Å²) in [6.07, 6.45) is -0.940. The average molecular weight is 342 g/mol. The third kappa shape index (κ3) is 3.44. The van der Waals surface area contributed by atoms with Gasteiger partial charge in [0.15, 0.2) is 11.3 Å². The van der Waals surface area contributed by atoms with Crippen LogP contribution in [0.25, 0.3) is 16.9 Å². The largest absolute Gasteiger partial charge is 0.491 e. The third-order valence-corrected chi connectivity index (χ3v) is 3.67. The smallest absolute Gasteiger partial charge is 0.269 e. The van der Waals surface area contributed by atoms with Gasteiger partial charge >= 0.3 is 0 Å². The van der Waals surface area contributed by atoms with Crippen molar-refractivity contribution in [2.45, 2.75) is 13.0 Å². The van der Waals surface area contributed by atoms with Gasteiger partial charge in [-0.25, -0.2) is 9.50 Å². The third-order valence-electron chi connectivity index (χ3n) is 3.67. The van der Waals surface area contributed by atoms with Crippen LogP contribution < -0.4 is 10.5 Å². The first kappa shape index (κ1) is 16.9. The summed E-state index contributed by atoms with van der Waals surface area (Å²) in [7, 11) is 0. The van der Waals surface area contributed by atoms with Gasteiger partial charge in [-0.1, -0.05) is 12.1 Å². The fraction of sp³-hybridized carbons (Fsp3) is 0.235. The summed E-state index contributed by atoms with van der Waals surface area (Å²) in [5.41, 5.74) is 8.09. The molecule has 0 saturated heterocycles. The first-order chi connectivity index (χ1) is 12.0. The van der Waals surface area contributed by atoms with Crippen molar-refractivity contribution >= 4 is 11.6 Å². The van der Waals surface area contributed by atoms with Gasteiger partial charge in [0.25, 0.3) is 5.91 Å². The topological polar surface area (TPSA) is 123 Å². The van der Waals surface area contributed by atoms with Gasteiger partial charge in [0.2, 0.25) is 0 Å². The van der Waals surface area contributed by atoms with Gasteiger partial charge < -0.3 is 20.7 Å². The molecule has 2 aromatic heterocycles. The molecule has 0 saturated carbocycles. The molecule has 0 bridgehead atoms. The molecule has 1 aromatic carbocycles. The van der Waals surface area contributed by atoms with Crippen molar-refractivity contribution in [3.05, 3.63) is 47.8 Å². The molecule has 0 aliphatic carbocycles. The number of benzene rings is 1. The van der Waals surface area contributed by atoms with Crippen LogP contribution in [0.3, 0.4) is 0 Å². The van der Waals surface area contributed by atoms with Gasteiger partial charge in [0, 0.05) is 5.56 Å². The number of fused-ring (bicyclic) bond motifs is 1. The van der Waals surface area contributed by atoms with Crippen LogP contribution in [-0.2, 0) is 0 Å². The van der Waals surface area contributed by atoms with Gasteiger partial charge in [-0.05, 0) is 31.2 Å². The van der Waals surface area contributed by atoms with Crippen molar-refractivity contribution < 1.29 is 19.7 Å². The Bertz CT molecular complexity index is 922. The predicted octanol–water partition coefficient (Wildman–Crippen LogP) is 0.536. The summed E-state index contributed by atoms with van der Waals surface area (Å²) in [5.74, 6) is -0.0615. The van der Waals surface area contributed by atoms with Crippen molar-refractivity contribution in [2.75, 3.05) is 13.2 Å². The Labute approximate surface area is 143 Å². The highest BCUT2D eigenvalue weighted by molar-refractivity contribution is 5.93. The fourth-order valence-corrected chi connectivity index (χ4v) is 2.47. The number of nitrogens with zero attached hydrogens (tertiary/aromatic N) is 3. The van der Waals surface area contributed by atoms with E-state index in [-0.39, 0.29) is 18.9 Å². The standard InChI is InChI=1S/C17H18N4O4/c1-10-16(17(18)24)21-15(19-10)6-5-14(20-21)11-3-2-4-13(7-11)25-9-12(23)8-22/h2-7,12,22-23H,8-9H2,1H3,(H2,18,24)/t12-/m1/s1. The number of imidazole rings is 1. The first-order valence-electron chi connectivity index (χ1n) is 7.68. The summed E-state index contributed by atoms with van der Waals surface area (Å²) in [4.78, 5) is 15.9. The van der Waals surface area contributed by atoms with E-state index in [2.05, 4.69) is 10.1 Å². The number of amides is 1. The van der Waals surface area contributed by atoms with Gasteiger partial charge in [0.1, 0.15) is 18.5 Å². The quantitative estimate of drug-likeness (QED) is 0.601. The van der Waals surface area contributed by atoms with Crippen LogP contribution in [0.1, 0.15) is 16.2 Å². The fourth-order valence-electron chi connectivity index (χ4n) is 2.47. The maximum Gasteiger partial charge on any atom is 0.269 e. The van der Waals surface area contributed by atoms with E-state index in [0.29, 0.717) is 22.8 Å². The zero-order valence-corrected chi connectivity index (χ0v) is 13.6. The number of ether oxygens (including phenoxy) is 1. The summed E-state index contributed by atoms with van der Waals surface area (Å²) in [5, 5.41) is 22.6. The van der Waals surface area contributed by atoms with E-state index in [9.17, 15) is 9.90 Å². The zero-order chi connectivity index (χ0) is 18.0. The van der Waals surface area contributed by atoms with Gasteiger partial charge in [0.05, 0.1) is 18.0 Å². The molecule has 130 valence electrons. The van der Waals surface area contributed by atoms with E-state index in [1.165, 1.54) is 4.52 Å². The SMILES string of the molecule is Cc1nc2ccc(-c3cccc(OC[C@H](O)CO)c3)nn2c1C(N)=O. The Balaban J connectivity index is 1.96. The average Bonchev–Trinajstić information content (AvgIpc) is 2.94. The molecule has 3 aromatic rings. The van der Waals surface area contributed by atoms with Crippen LogP contribution in [0.4, 0.5) is 0 Å². The number of hydrogen-bond donors (Lipinski definition) is 3. The molecule has 8 nitrogen and oxygen atoms in total. The Morgan fingerprint density at radius 2 is 2.16 bits per heavy atom. The van der Waals surface area contributed by atoms with Crippen molar-refractivity contribution in [2.24, 2.45) is 5.73 Å². The summed E-state index contributed by atoms with van der Waals surface area (Å²) in [6, 6.07) is 10.7. The molecular formula is C17H18N4O4. The number of carbonyl (C=O) groups is 1. The van der Waals surface area contributed by atoms with Crippen molar-refractivity contribution in [3.63, 3.8) is 0 Å². The normalized spacial score (nSPS) is 12.3. The van der Waals surface area contributed by atoms with E-state index in [1.54, 1.807) is 37.3 Å². The second-order valence-electron chi connectivity index (χ2n) is 5.57. The number of rotatable bonds is 6. The lowest BCUT2D eigenvalue weighted by molar-refractivity contribution is 0.0536.